The highest BCUT2D eigenvalue weighted by atomic mass is 35.5. The molecule has 1 heterocycles. The second kappa shape index (κ2) is 8.48. The van der Waals surface area contributed by atoms with E-state index in [0.717, 1.165) is 0 Å². The number of hydrogen-bond acceptors (Lipinski definition) is 4. The molecule has 0 atom stereocenters. The van der Waals surface area contributed by atoms with Crippen LogP contribution in [0.4, 0.5) is 4.39 Å². The molecule has 6 nitrogen and oxygen atoms in total. The fourth-order valence-electron chi connectivity index (χ4n) is 3.12. The van der Waals surface area contributed by atoms with E-state index in [2.05, 4.69) is 0 Å². The Labute approximate surface area is 167 Å². The van der Waals surface area contributed by atoms with Gasteiger partial charge in [0.1, 0.15) is 5.82 Å². The van der Waals surface area contributed by atoms with E-state index in [1.165, 1.54) is 37.3 Å². The molecule has 8 heteroatoms. The van der Waals surface area contributed by atoms with E-state index in [-0.39, 0.29) is 16.5 Å². The minimum atomic E-state index is -0.652. The first-order valence-electron chi connectivity index (χ1n) is 8.71. The first-order valence-corrected chi connectivity index (χ1v) is 9.08. The van der Waals surface area contributed by atoms with Crippen molar-refractivity contribution < 1.29 is 23.5 Å². The Balaban J connectivity index is 1.68. The number of methoxy groups -OCH3 is 2. The second-order valence-corrected chi connectivity index (χ2v) is 6.66. The van der Waals surface area contributed by atoms with Gasteiger partial charge in [0.2, 0.25) is 0 Å². The van der Waals surface area contributed by atoms with Crippen molar-refractivity contribution in [2.45, 2.75) is 0 Å². The van der Waals surface area contributed by atoms with Gasteiger partial charge < -0.3 is 19.3 Å². The molecule has 2 aromatic carbocycles. The summed E-state index contributed by atoms with van der Waals surface area (Å²) in [4.78, 5) is 28.5. The number of amides is 2. The summed E-state index contributed by atoms with van der Waals surface area (Å²) in [7, 11) is 3.03. The maximum atomic E-state index is 14.0. The predicted molar refractivity (Wildman–Crippen MR) is 103 cm³/mol. The van der Waals surface area contributed by atoms with E-state index < -0.39 is 11.7 Å². The summed E-state index contributed by atoms with van der Waals surface area (Å²) in [6.45, 7) is 1.26. The molecular formula is C20H20ClFN2O4. The number of halogens is 2. The van der Waals surface area contributed by atoms with Crippen LogP contribution in [0, 0.1) is 5.82 Å². The van der Waals surface area contributed by atoms with Crippen LogP contribution in [0.2, 0.25) is 5.02 Å². The van der Waals surface area contributed by atoms with Crippen LogP contribution in [0.5, 0.6) is 11.5 Å². The molecule has 0 aliphatic carbocycles. The van der Waals surface area contributed by atoms with Crippen LogP contribution in [0.25, 0.3) is 0 Å². The van der Waals surface area contributed by atoms with Crippen molar-refractivity contribution in [3.05, 3.63) is 58.4 Å². The topological polar surface area (TPSA) is 59.1 Å². The summed E-state index contributed by atoms with van der Waals surface area (Å²) in [5.41, 5.74) is 0.332. The summed E-state index contributed by atoms with van der Waals surface area (Å²) < 4.78 is 24.4. The van der Waals surface area contributed by atoms with Crippen LogP contribution in [0.3, 0.4) is 0 Å². The molecule has 2 amide bonds. The molecule has 0 radical (unpaired) electrons. The summed E-state index contributed by atoms with van der Waals surface area (Å²) in [6.07, 6.45) is 0. The summed E-state index contributed by atoms with van der Waals surface area (Å²) in [6, 6.07) is 9.10. The van der Waals surface area contributed by atoms with Crippen molar-refractivity contribution in [1.82, 2.24) is 9.80 Å². The minimum Gasteiger partial charge on any atom is -0.493 e. The number of hydrogen-bond donors (Lipinski definition) is 0. The third-order valence-electron chi connectivity index (χ3n) is 4.66. The molecule has 3 rings (SSSR count). The maximum absolute atomic E-state index is 14.0. The molecule has 1 saturated heterocycles. The van der Waals surface area contributed by atoms with Crippen molar-refractivity contribution in [3.63, 3.8) is 0 Å². The van der Waals surface area contributed by atoms with Gasteiger partial charge in [0.15, 0.2) is 11.5 Å². The zero-order valence-electron chi connectivity index (χ0n) is 15.6. The third kappa shape index (κ3) is 3.89. The molecule has 1 aliphatic rings. The number of rotatable bonds is 4. The maximum Gasteiger partial charge on any atom is 0.258 e. The molecule has 0 aromatic heterocycles. The quantitative estimate of drug-likeness (QED) is 0.783. The Morgan fingerprint density at radius 1 is 0.929 bits per heavy atom. The van der Waals surface area contributed by atoms with E-state index in [0.29, 0.717) is 43.2 Å². The van der Waals surface area contributed by atoms with Crippen molar-refractivity contribution in [1.29, 1.82) is 0 Å². The highest BCUT2D eigenvalue weighted by Crippen LogP contribution is 2.28. The fraction of sp³-hybridized carbons (Fsp3) is 0.300. The van der Waals surface area contributed by atoms with Crippen molar-refractivity contribution >= 4 is 23.4 Å². The van der Waals surface area contributed by atoms with Crippen LogP contribution in [0.15, 0.2) is 36.4 Å². The van der Waals surface area contributed by atoms with Crippen LogP contribution in [-0.4, -0.2) is 62.0 Å². The zero-order chi connectivity index (χ0) is 20.3. The second-order valence-electron chi connectivity index (χ2n) is 6.25. The van der Waals surface area contributed by atoms with E-state index in [4.69, 9.17) is 21.1 Å². The van der Waals surface area contributed by atoms with Gasteiger partial charge in [-0.15, -0.1) is 0 Å². The van der Waals surface area contributed by atoms with Gasteiger partial charge in [-0.1, -0.05) is 17.7 Å². The average Bonchev–Trinajstić information content (AvgIpc) is 2.72. The number of ether oxygens (including phenoxy) is 2. The average molecular weight is 407 g/mol. The lowest BCUT2D eigenvalue weighted by atomic mass is 10.1. The molecule has 28 heavy (non-hydrogen) atoms. The molecule has 1 aliphatic heterocycles. The number of carbonyl (C=O) groups excluding carboxylic acids is 2. The minimum absolute atomic E-state index is 0.0776. The van der Waals surface area contributed by atoms with Gasteiger partial charge in [-0.2, -0.15) is 0 Å². The summed E-state index contributed by atoms with van der Waals surface area (Å²) in [5.74, 6) is -0.285. The van der Waals surface area contributed by atoms with Crippen LogP contribution < -0.4 is 9.47 Å². The van der Waals surface area contributed by atoms with E-state index in [1.807, 2.05) is 0 Å². The van der Waals surface area contributed by atoms with E-state index in [9.17, 15) is 14.0 Å². The zero-order valence-corrected chi connectivity index (χ0v) is 16.3. The van der Waals surface area contributed by atoms with Gasteiger partial charge in [0, 0.05) is 31.7 Å². The first kappa shape index (κ1) is 19.9. The van der Waals surface area contributed by atoms with Gasteiger partial charge >= 0.3 is 0 Å². The Bertz CT molecular complexity index is 878. The smallest absolute Gasteiger partial charge is 0.258 e. The fourth-order valence-corrected chi connectivity index (χ4v) is 3.37. The van der Waals surface area contributed by atoms with Gasteiger partial charge in [-0.25, -0.2) is 4.39 Å². The molecule has 0 bridgehead atoms. The van der Waals surface area contributed by atoms with Crippen molar-refractivity contribution in [3.8, 4) is 11.5 Å². The lowest BCUT2D eigenvalue weighted by Gasteiger charge is -2.35. The lowest BCUT2D eigenvalue weighted by Crippen LogP contribution is -2.50. The Hall–Kier alpha value is -2.80. The monoisotopic (exact) mass is 406 g/mol. The number of benzene rings is 2. The SMILES string of the molecule is COc1ccc(C(=O)N2CCN(C(=O)c3c(F)cccc3Cl)CC2)cc1OC. The highest BCUT2D eigenvalue weighted by Gasteiger charge is 2.28. The summed E-state index contributed by atoms with van der Waals surface area (Å²) >= 11 is 5.98. The standard InChI is InChI=1S/C20H20ClFN2O4/c1-27-16-7-6-13(12-17(16)28-2)19(25)23-8-10-24(11-9-23)20(26)18-14(21)4-3-5-15(18)22/h3-7,12H,8-11H2,1-2H3. The van der Waals surface area contributed by atoms with E-state index in [1.54, 1.807) is 23.1 Å². The largest absolute Gasteiger partial charge is 0.493 e. The van der Waals surface area contributed by atoms with Gasteiger partial charge in [0.25, 0.3) is 11.8 Å². The number of piperazine rings is 1. The molecule has 1 fully saturated rings. The van der Waals surface area contributed by atoms with Gasteiger partial charge in [0.05, 0.1) is 24.8 Å². The lowest BCUT2D eigenvalue weighted by molar-refractivity contribution is 0.0532. The van der Waals surface area contributed by atoms with Crippen molar-refractivity contribution in [2.24, 2.45) is 0 Å². The predicted octanol–water partition coefficient (Wildman–Crippen LogP) is 3.09. The molecule has 0 saturated carbocycles. The van der Waals surface area contributed by atoms with Crippen LogP contribution in [-0.2, 0) is 0 Å². The Kier molecular flexibility index (Phi) is 6.04. The Morgan fingerprint density at radius 3 is 2.11 bits per heavy atom. The molecular weight excluding hydrogens is 387 g/mol. The molecule has 148 valence electrons. The van der Waals surface area contributed by atoms with E-state index >= 15 is 0 Å². The third-order valence-corrected chi connectivity index (χ3v) is 4.98. The van der Waals surface area contributed by atoms with Crippen LogP contribution >= 0.6 is 11.6 Å². The molecule has 0 spiro atoms. The highest BCUT2D eigenvalue weighted by molar-refractivity contribution is 6.33. The van der Waals surface area contributed by atoms with Gasteiger partial charge in [-0.05, 0) is 30.3 Å². The Morgan fingerprint density at radius 2 is 1.54 bits per heavy atom. The normalized spacial score (nSPS) is 14.0. The van der Waals surface area contributed by atoms with Crippen molar-refractivity contribution in [2.75, 3.05) is 40.4 Å². The first-order chi connectivity index (χ1) is 13.5. The van der Waals surface area contributed by atoms with Gasteiger partial charge in [-0.3, -0.25) is 9.59 Å². The summed E-state index contributed by atoms with van der Waals surface area (Å²) in [5, 5.41) is 0.0776. The number of nitrogens with zero attached hydrogens (tertiary/aromatic N) is 2. The number of carbonyl (C=O) groups is 2. The van der Waals surface area contributed by atoms with Crippen LogP contribution in [0.1, 0.15) is 20.7 Å². The molecule has 0 unspecified atom stereocenters. The molecule has 2 aromatic rings. The molecule has 0 N–H and O–H groups in total.